The van der Waals surface area contributed by atoms with Crippen LogP contribution in [0.2, 0.25) is 0 Å². The second kappa shape index (κ2) is 24.4. The van der Waals surface area contributed by atoms with Crippen molar-refractivity contribution in [2.24, 2.45) is 0 Å². The molecule has 6 aromatic carbocycles. The average molecular weight is 1040 g/mol. The number of alkyl halides is 2. The molecule has 8 rings (SSSR count). The van der Waals surface area contributed by atoms with Crippen LogP contribution in [-0.4, -0.2) is 39.9 Å². The van der Waals surface area contributed by atoms with Gasteiger partial charge in [0.15, 0.2) is 0 Å². The molecule has 0 spiro atoms. The minimum atomic E-state index is -0.338. The highest BCUT2D eigenvalue weighted by Crippen LogP contribution is 2.43. The molecule has 0 bridgehead atoms. The van der Waals surface area contributed by atoms with Gasteiger partial charge in [-0.25, -0.2) is 4.79 Å². The lowest BCUT2D eigenvalue weighted by Crippen LogP contribution is -2.28. The zero-order valence-electron chi connectivity index (χ0n) is 40.2. The molecule has 2 aromatic heterocycles. The fraction of sp³-hybridized carbons (Fsp3) is 0.267. The van der Waals surface area contributed by atoms with Crippen LogP contribution in [-0.2, 0) is 28.8 Å². The van der Waals surface area contributed by atoms with Crippen LogP contribution in [0, 0.1) is 0 Å². The summed E-state index contributed by atoms with van der Waals surface area (Å²) in [6.45, 7) is 17.1. The van der Waals surface area contributed by atoms with Gasteiger partial charge in [0.25, 0.3) is 0 Å². The number of aromatic nitrogens is 2. The van der Waals surface area contributed by atoms with Crippen molar-refractivity contribution in [3.63, 3.8) is 0 Å². The molecule has 0 aliphatic carbocycles. The zero-order valence-corrected chi connectivity index (χ0v) is 43.4. The highest BCUT2D eigenvalue weighted by Gasteiger charge is 2.30. The minimum Gasteiger partial charge on any atom is -0.465 e. The second-order valence-electron chi connectivity index (χ2n) is 18.0. The maximum absolute atomic E-state index is 12.5. The number of rotatable bonds is 16. The predicted molar refractivity (Wildman–Crippen MR) is 293 cm³/mol. The lowest BCUT2D eigenvalue weighted by atomic mass is 9.79. The van der Waals surface area contributed by atoms with Gasteiger partial charge >= 0.3 is 11.9 Å². The van der Waals surface area contributed by atoms with Crippen molar-refractivity contribution < 1.29 is 19.1 Å². The molecule has 1 unspecified atom stereocenters. The summed E-state index contributed by atoms with van der Waals surface area (Å²) in [5, 5.41) is 2.45. The monoisotopic (exact) mass is 1030 g/mol. The van der Waals surface area contributed by atoms with E-state index in [1.807, 2.05) is 19.1 Å². The molecule has 0 radical (unpaired) electrons. The number of esters is 2. The predicted octanol–water partition coefficient (Wildman–Crippen LogP) is 16.9. The molecule has 1 atom stereocenters. The van der Waals surface area contributed by atoms with Gasteiger partial charge in [-0.05, 0) is 96.2 Å². The lowest BCUT2D eigenvalue weighted by molar-refractivity contribution is -0.143. The largest absolute Gasteiger partial charge is 0.465 e. The smallest absolute Gasteiger partial charge is 0.330 e. The van der Waals surface area contributed by atoms with Crippen LogP contribution in [0.1, 0.15) is 84.8 Å². The number of nitrogens with one attached hydrogen (secondary N) is 2. The van der Waals surface area contributed by atoms with Crippen molar-refractivity contribution in [3.05, 3.63) is 182 Å². The van der Waals surface area contributed by atoms with Crippen LogP contribution in [0.15, 0.2) is 170 Å². The molecule has 0 amide bonds. The molecule has 0 saturated carbocycles. The van der Waals surface area contributed by atoms with Crippen molar-refractivity contribution in [3.8, 4) is 44.8 Å². The summed E-state index contributed by atoms with van der Waals surface area (Å²) in [4.78, 5) is 29.8. The quantitative estimate of drug-likeness (QED) is 0.0437. The number of unbranched alkanes of at least 4 members (excludes halogenated alkanes) is 2. The molecule has 0 saturated heterocycles. The second-order valence-corrected chi connectivity index (χ2v) is 21.1. The Hall–Kier alpha value is -5.96. The molecule has 2 N–H and O–H groups in total. The average Bonchev–Trinajstić information content (AvgIpc) is 3.94. The normalized spacial score (nSPS) is 11.8. The third-order valence-corrected chi connectivity index (χ3v) is 13.1. The Balaban J connectivity index is 0.000000196. The number of carbonyl (C=O) groups excluding carboxylic acids is 2. The van der Waals surface area contributed by atoms with E-state index in [0.29, 0.717) is 19.6 Å². The van der Waals surface area contributed by atoms with Crippen molar-refractivity contribution in [2.75, 3.05) is 13.2 Å². The van der Waals surface area contributed by atoms with Gasteiger partial charge in [-0.1, -0.05) is 212 Å². The van der Waals surface area contributed by atoms with E-state index in [4.69, 9.17) is 4.74 Å². The minimum absolute atomic E-state index is 0.0562. The first-order valence-corrected chi connectivity index (χ1v) is 25.3. The van der Waals surface area contributed by atoms with Crippen LogP contribution < -0.4 is 0 Å². The molecule has 6 nitrogen and oxygen atoms in total. The molecular weight excluding hydrogens is 972 g/mol. The Morgan fingerprint density at radius 2 is 0.985 bits per heavy atom. The molecule has 8 aromatic rings. The van der Waals surface area contributed by atoms with Gasteiger partial charge in [0.1, 0.15) is 4.83 Å². The summed E-state index contributed by atoms with van der Waals surface area (Å²) in [5.41, 5.74) is 14.1. The Morgan fingerprint density at radius 3 is 1.40 bits per heavy atom. The van der Waals surface area contributed by atoms with Gasteiger partial charge in [0.05, 0.1) is 24.6 Å². The van der Waals surface area contributed by atoms with E-state index in [0.717, 1.165) is 42.5 Å². The molecule has 68 heavy (non-hydrogen) atoms. The fourth-order valence-corrected chi connectivity index (χ4v) is 9.25. The number of ether oxygens (including phenoxy) is 2. The zero-order chi connectivity index (χ0) is 48.7. The highest BCUT2D eigenvalue weighted by molar-refractivity contribution is 9.10. The van der Waals surface area contributed by atoms with E-state index >= 15 is 0 Å². The number of benzene rings is 6. The van der Waals surface area contributed by atoms with E-state index in [-0.39, 0.29) is 26.5 Å². The van der Waals surface area contributed by atoms with Gasteiger partial charge in [-0.3, -0.25) is 4.79 Å². The number of fused-ring (bicyclic) bond motifs is 2. The SMILES string of the molecule is C=CC(=O)OCCCC.CC(C)(Br)c1ccc2[nH]c(-c3ccccc3)c(-c3ccccc3)c2c1.CCCCOC(=O)C(Br)CC(C)(C)c1ccc2[nH]c(-c3ccccc3)c(-c3ccccc3)c2c1. The van der Waals surface area contributed by atoms with Crippen molar-refractivity contribution >= 4 is 65.6 Å². The summed E-state index contributed by atoms with van der Waals surface area (Å²) < 4.78 is 10.1. The Morgan fingerprint density at radius 1 is 0.588 bits per heavy atom. The molecule has 0 aliphatic rings. The van der Waals surface area contributed by atoms with Crippen LogP contribution in [0.5, 0.6) is 0 Å². The first-order chi connectivity index (χ1) is 32.7. The number of hydrogen-bond acceptors (Lipinski definition) is 4. The van der Waals surface area contributed by atoms with Crippen molar-refractivity contribution in [1.82, 2.24) is 9.97 Å². The first kappa shape index (κ1) is 51.4. The van der Waals surface area contributed by atoms with Crippen LogP contribution in [0.3, 0.4) is 0 Å². The first-order valence-electron chi connectivity index (χ1n) is 23.6. The number of aromatic amines is 2. The van der Waals surface area contributed by atoms with Crippen molar-refractivity contribution in [1.29, 1.82) is 0 Å². The summed E-state index contributed by atoms with van der Waals surface area (Å²) in [6.07, 6.45) is 5.71. The number of hydrogen-bond donors (Lipinski definition) is 2. The Kier molecular flexibility index (Phi) is 18.4. The maximum Gasteiger partial charge on any atom is 0.330 e. The molecule has 352 valence electrons. The summed E-state index contributed by atoms with van der Waals surface area (Å²) in [7, 11) is 0. The van der Waals surface area contributed by atoms with E-state index in [9.17, 15) is 9.59 Å². The topological polar surface area (TPSA) is 84.2 Å². The Bertz CT molecular complexity index is 2860. The van der Waals surface area contributed by atoms with Crippen LogP contribution >= 0.6 is 31.9 Å². The van der Waals surface area contributed by atoms with E-state index in [2.05, 4.69) is 233 Å². The molecular formula is C60H64Br2N2O4. The van der Waals surface area contributed by atoms with Crippen molar-refractivity contribution in [2.45, 2.75) is 88.2 Å². The van der Waals surface area contributed by atoms with Gasteiger partial charge in [-0.2, -0.15) is 0 Å². The number of halogens is 2. The van der Waals surface area contributed by atoms with Gasteiger partial charge in [-0.15, -0.1) is 0 Å². The summed E-state index contributed by atoms with van der Waals surface area (Å²) in [6, 6.07) is 55.4. The highest BCUT2D eigenvalue weighted by atomic mass is 79.9. The number of H-pyrrole nitrogens is 2. The molecule has 0 aliphatic heterocycles. The van der Waals surface area contributed by atoms with E-state index in [1.54, 1.807) is 0 Å². The van der Waals surface area contributed by atoms with Crippen LogP contribution in [0.25, 0.3) is 66.6 Å². The Labute approximate surface area is 419 Å². The fourth-order valence-electron chi connectivity index (χ4n) is 8.06. The van der Waals surface area contributed by atoms with E-state index in [1.165, 1.54) is 67.0 Å². The van der Waals surface area contributed by atoms with Gasteiger partial charge < -0.3 is 19.4 Å². The molecule has 0 fully saturated rings. The maximum atomic E-state index is 12.5. The third-order valence-electron chi connectivity index (χ3n) is 11.9. The summed E-state index contributed by atoms with van der Waals surface area (Å²) in [5.74, 6) is -0.510. The number of carbonyl (C=O) groups is 2. The van der Waals surface area contributed by atoms with Gasteiger partial charge in [0, 0.05) is 43.3 Å². The summed E-state index contributed by atoms with van der Waals surface area (Å²) >= 11 is 7.38. The van der Waals surface area contributed by atoms with Crippen LogP contribution in [0.4, 0.5) is 0 Å². The third kappa shape index (κ3) is 13.4. The standard InChI is InChI=1S/C30H32BrNO2.C23H20BrN.C7H12O2/c1-4-5-18-34-29(33)25(31)20-30(2,3)23-16-17-26-24(19-23)27(21-12-8-6-9-13-21)28(32-26)22-14-10-7-11-15-22;1-23(2,24)18-13-14-20-19(15-18)21(16-9-5-3-6-10-16)22(25-20)17-11-7-4-8-12-17;1-3-5-6-9-7(8)4-2/h6-17,19,25,32H,4-5,18,20H2,1-3H3;3-15,25H,1-2H3;4H,2-3,5-6H2,1H3. The molecule has 2 heterocycles. The molecule has 8 heteroatoms. The van der Waals surface area contributed by atoms with Gasteiger partial charge in [0.2, 0.25) is 0 Å². The van der Waals surface area contributed by atoms with E-state index < -0.39 is 0 Å². The lowest BCUT2D eigenvalue weighted by Gasteiger charge is -2.27.